The first-order valence-electron chi connectivity index (χ1n) is 11.0. The number of fused-ring (bicyclic) bond motifs is 2. The van der Waals surface area contributed by atoms with Crippen molar-refractivity contribution >= 4 is 121 Å². The van der Waals surface area contributed by atoms with E-state index in [9.17, 15) is 18.0 Å². The second kappa shape index (κ2) is 11.9. The quantitative estimate of drug-likeness (QED) is 0.142. The minimum atomic E-state index is -3.87. The minimum Gasteiger partial charge on any atom is -0.478 e. The standard InChI is InChI=1S/C17H13BrINO4S.C9H5BrINO2/c1-10-3-5-11(6-4-10)25(22,23)20-15(19)9-13-14(18)8-7-12(16(13)20)17(21)24-2;10-6-2-1-4(9(13)14)8-5(6)3-7(11)12-8/h3-9H,1-2H3;1-3,12H,(H,13,14). The highest BCUT2D eigenvalue weighted by molar-refractivity contribution is 14.1. The molecule has 0 aliphatic carbocycles. The molecule has 0 saturated carbocycles. The molecule has 0 fully saturated rings. The van der Waals surface area contributed by atoms with E-state index < -0.39 is 22.0 Å². The summed E-state index contributed by atoms with van der Waals surface area (Å²) in [6.45, 7) is 1.89. The van der Waals surface area contributed by atoms with Gasteiger partial charge in [-0.1, -0.05) is 49.6 Å². The van der Waals surface area contributed by atoms with Crippen molar-refractivity contribution in [1.29, 1.82) is 0 Å². The number of rotatable bonds is 4. The van der Waals surface area contributed by atoms with E-state index in [0.29, 0.717) is 30.2 Å². The number of H-pyrrole nitrogens is 1. The zero-order valence-electron chi connectivity index (χ0n) is 20.1. The molecule has 0 amide bonds. The lowest BCUT2D eigenvalue weighted by atomic mass is 10.1. The molecule has 0 aliphatic rings. The molecule has 0 spiro atoms. The van der Waals surface area contributed by atoms with Crippen molar-refractivity contribution in [2.24, 2.45) is 0 Å². The van der Waals surface area contributed by atoms with Gasteiger partial charge in [0.15, 0.2) is 0 Å². The first kappa shape index (κ1) is 30.0. The molecule has 0 bridgehead atoms. The van der Waals surface area contributed by atoms with Crippen LogP contribution in [-0.4, -0.2) is 41.5 Å². The molecular formula is C26H18Br2I2N2O6S. The van der Waals surface area contributed by atoms with Crippen molar-refractivity contribution in [3.8, 4) is 0 Å². The zero-order chi connectivity index (χ0) is 28.6. The largest absolute Gasteiger partial charge is 0.478 e. The van der Waals surface area contributed by atoms with Crippen molar-refractivity contribution < 1.29 is 27.9 Å². The van der Waals surface area contributed by atoms with Crippen LogP contribution in [0.2, 0.25) is 0 Å². The minimum absolute atomic E-state index is 0.157. The maximum absolute atomic E-state index is 13.2. The zero-order valence-corrected chi connectivity index (χ0v) is 28.4. The third kappa shape index (κ3) is 5.92. The molecule has 0 radical (unpaired) electrons. The lowest BCUT2D eigenvalue weighted by Gasteiger charge is -2.12. The third-order valence-corrected chi connectivity index (χ3v) is 10.5. The molecule has 0 saturated heterocycles. The van der Waals surface area contributed by atoms with Gasteiger partial charge < -0.3 is 14.8 Å². The van der Waals surface area contributed by atoms with Crippen molar-refractivity contribution in [3.63, 3.8) is 0 Å². The molecule has 8 nitrogen and oxygen atoms in total. The van der Waals surface area contributed by atoms with E-state index in [1.807, 2.05) is 35.6 Å². The first-order valence-corrected chi connectivity index (χ1v) is 16.1. The fourth-order valence-corrected chi connectivity index (χ4v) is 8.08. The number of aromatic amines is 1. The number of carbonyl (C=O) groups excluding carboxylic acids is 1. The molecule has 2 N–H and O–H groups in total. The Kier molecular flexibility index (Phi) is 9.15. The maximum Gasteiger partial charge on any atom is 0.340 e. The van der Waals surface area contributed by atoms with E-state index >= 15 is 0 Å². The SMILES string of the molecule is COC(=O)c1ccc(Br)c2cc(I)n(S(=O)(=O)c3ccc(C)cc3)c12.O=C(O)c1ccc(Br)c2cc(I)[nH]c12. The first-order chi connectivity index (χ1) is 18.4. The Bertz CT molecular complexity index is 1870. The predicted molar refractivity (Wildman–Crippen MR) is 173 cm³/mol. The van der Waals surface area contributed by atoms with E-state index in [4.69, 9.17) is 9.84 Å². The summed E-state index contributed by atoms with van der Waals surface area (Å²) in [6.07, 6.45) is 0. The van der Waals surface area contributed by atoms with Crippen molar-refractivity contribution in [1.82, 2.24) is 8.96 Å². The number of carboxylic acids is 1. The lowest BCUT2D eigenvalue weighted by molar-refractivity contribution is 0.0601. The van der Waals surface area contributed by atoms with Crippen LogP contribution in [0.4, 0.5) is 0 Å². The molecular weight excluding hydrogens is 882 g/mol. The fourth-order valence-electron chi connectivity index (χ4n) is 3.88. The Labute approximate surface area is 267 Å². The van der Waals surface area contributed by atoms with Crippen molar-refractivity contribution in [2.75, 3.05) is 7.11 Å². The van der Waals surface area contributed by atoms with Gasteiger partial charge in [0.25, 0.3) is 10.0 Å². The van der Waals surface area contributed by atoms with E-state index in [1.165, 1.54) is 11.1 Å². The number of nitrogens with one attached hydrogen (secondary N) is 1. The molecule has 0 atom stereocenters. The third-order valence-electron chi connectivity index (χ3n) is 5.73. The van der Waals surface area contributed by atoms with Crippen molar-refractivity contribution in [3.05, 3.63) is 93.7 Å². The van der Waals surface area contributed by atoms with E-state index in [0.717, 1.165) is 19.1 Å². The summed E-state index contributed by atoms with van der Waals surface area (Å²) in [5.74, 6) is -1.51. The number of nitrogens with zero attached hydrogens (tertiary/aromatic N) is 1. The number of benzene rings is 3. The summed E-state index contributed by atoms with van der Waals surface area (Å²) in [6, 6.07) is 16.8. The Balaban J connectivity index is 0.000000212. The maximum atomic E-state index is 13.2. The van der Waals surface area contributed by atoms with Gasteiger partial charge in [-0.2, -0.15) is 0 Å². The lowest BCUT2D eigenvalue weighted by Crippen LogP contribution is -2.16. The number of halogens is 4. The van der Waals surface area contributed by atoms with Crippen LogP contribution >= 0.6 is 77.0 Å². The van der Waals surface area contributed by atoms with Crippen LogP contribution in [0.5, 0.6) is 0 Å². The fraction of sp³-hybridized carbons (Fsp3) is 0.0769. The van der Waals surface area contributed by atoms with Crippen LogP contribution in [0.25, 0.3) is 21.8 Å². The molecule has 39 heavy (non-hydrogen) atoms. The monoisotopic (exact) mass is 898 g/mol. The number of esters is 1. The number of aromatic nitrogens is 2. The summed E-state index contributed by atoms with van der Waals surface area (Å²) in [5, 5.41) is 10.5. The molecule has 2 heterocycles. The molecule has 0 aliphatic heterocycles. The Hall–Kier alpha value is -1.95. The van der Waals surface area contributed by atoms with Gasteiger partial charge in [0.05, 0.1) is 41.6 Å². The summed E-state index contributed by atoms with van der Waals surface area (Å²) >= 11 is 10.9. The highest BCUT2D eigenvalue weighted by atomic mass is 127. The number of methoxy groups -OCH3 is 1. The van der Waals surface area contributed by atoms with Crippen LogP contribution < -0.4 is 0 Å². The average molecular weight is 900 g/mol. The van der Waals surface area contributed by atoms with Crippen molar-refractivity contribution in [2.45, 2.75) is 11.8 Å². The molecule has 202 valence electrons. The molecule has 13 heteroatoms. The van der Waals surface area contributed by atoms with Gasteiger partial charge in [-0.3, -0.25) is 0 Å². The summed E-state index contributed by atoms with van der Waals surface area (Å²) in [5.41, 5.74) is 2.41. The Morgan fingerprint density at radius 2 is 1.51 bits per heavy atom. The molecule has 3 aromatic carbocycles. The second-order valence-corrected chi connectivity index (χ2v) is 14.0. The van der Waals surface area contributed by atoms with Gasteiger partial charge in [-0.25, -0.2) is 22.0 Å². The Morgan fingerprint density at radius 3 is 2.10 bits per heavy atom. The summed E-state index contributed by atoms with van der Waals surface area (Å²) < 4.78 is 35.4. The van der Waals surface area contributed by atoms with Gasteiger partial charge in [-0.05, 0) is 101 Å². The molecule has 5 aromatic rings. The van der Waals surface area contributed by atoms with E-state index in [-0.39, 0.29) is 10.5 Å². The predicted octanol–water partition coefficient (Wildman–Crippen LogP) is 7.57. The normalized spacial score (nSPS) is 11.3. The smallest absolute Gasteiger partial charge is 0.340 e. The van der Waals surface area contributed by atoms with Gasteiger partial charge in [0.2, 0.25) is 0 Å². The number of carbonyl (C=O) groups is 2. The van der Waals surface area contributed by atoms with Crippen LogP contribution in [0.1, 0.15) is 26.3 Å². The van der Waals surface area contributed by atoms with Crippen LogP contribution in [0.15, 0.2) is 74.5 Å². The second-order valence-electron chi connectivity index (χ2n) is 8.20. The van der Waals surface area contributed by atoms with Gasteiger partial charge in [0, 0.05) is 19.7 Å². The topological polar surface area (TPSA) is 118 Å². The number of carboxylic acid groups (broad SMARTS) is 1. The van der Waals surface area contributed by atoms with Crippen LogP contribution in [-0.2, 0) is 14.8 Å². The number of hydrogen-bond acceptors (Lipinski definition) is 5. The van der Waals surface area contributed by atoms with Gasteiger partial charge in [-0.15, -0.1) is 0 Å². The van der Waals surface area contributed by atoms with Crippen LogP contribution in [0.3, 0.4) is 0 Å². The van der Waals surface area contributed by atoms with Crippen LogP contribution in [0, 0.1) is 14.3 Å². The number of ether oxygens (including phenoxy) is 1. The number of aryl methyl sites for hydroxylation is 1. The average Bonchev–Trinajstić information content (AvgIpc) is 3.45. The van der Waals surface area contributed by atoms with Gasteiger partial charge in [0.1, 0.15) is 0 Å². The number of hydrogen-bond donors (Lipinski definition) is 2. The van der Waals surface area contributed by atoms with E-state index in [1.54, 1.807) is 54.6 Å². The molecule has 5 rings (SSSR count). The molecule has 0 unspecified atom stereocenters. The number of aromatic carboxylic acids is 1. The van der Waals surface area contributed by atoms with Gasteiger partial charge >= 0.3 is 11.9 Å². The summed E-state index contributed by atoms with van der Waals surface area (Å²) in [4.78, 5) is 26.2. The highest BCUT2D eigenvalue weighted by Gasteiger charge is 2.27. The Morgan fingerprint density at radius 1 is 0.923 bits per heavy atom. The summed E-state index contributed by atoms with van der Waals surface area (Å²) in [7, 11) is -2.60. The highest BCUT2D eigenvalue weighted by Crippen LogP contribution is 2.34. The van der Waals surface area contributed by atoms with E-state index in [2.05, 4.69) is 59.4 Å². The molecule has 2 aromatic heterocycles.